The lowest BCUT2D eigenvalue weighted by Gasteiger charge is -2.47. The van der Waals surface area contributed by atoms with E-state index in [0.717, 1.165) is 13.1 Å². The molecule has 76 valence electrons. The molecule has 0 unspecified atom stereocenters. The summed E-state index contributed by atoms with van der Waals surface area (Å²) in [5, 5.41) is 2.00. The molecule has 2 atom stereocenters. The van der Waals surface area contributed by atoms with Gasteiger partial charge in [0.05, 0.1) is 0 Å². The Labute approximate surface area is 80.8 Å². The van der Waals surface area contributed by atoms with E-state index < -0.39 is 0 Å². The summed E-state index contributed by atoms with van der Waals surface area (Å²) in [6.07, 6.45) is 1.29. The Hall–Kier alpha value is -0.120. The van der Waals surface area contributed by atoms with Crippen LogP contribution in [0.2, 0.25) is 0 Å². The molecule has 2 N–H and O–H groups in total. The Morgan fingerprint density at radius 2 is 1.69 bits per heavy atom. The average molecular weight is 183 g/mol. The molecule has 0 aliphatic carbocycles. The molecule has 2 aliphatic heterocycles. The van der Waals surface area contributed by atoms with Crippen LogP contribution in [0.1, 0.15) is 20.3 Å². The lowest BCUT2D eigenvalue weighted by atomic mass is 9.64. The van der Waals surface area contributed by atoms with Crippen LogP contribution in [0.3, 0.4) is 0 Å². The van der Waals surface area contributed by atoms with Gasteiger partial charge >= 0.3 is 0 Å². The van der Waals surface area contributed by atoms with Gasteiger partial charge in [-0.2, -0.15) is 0 Å². The predicted octanol–water partition coefficient (Wildman–Crippen LogP) is 0.524. The van der Waals surface area contributed by atoms with Gasteiger partial charge in [-0.3, -0.25) is 5.84 Å². The summed E-state index contributed by atoms with van der Waals surface area (Å²) in [5.41, 5.74) is 0.836. The van der Waals surface area contributed by atoms with E-state index >= 15 is 0 Å². The molecule has 2 rings (SSSR count). The molecule has 0 spiro atoms. The second-order valence-electron chi connectivity index (χ2n) is 5.51. The van der Waals surface area contributed by atoms with Gasteiger partial charge < -0.3 is 4.90 Å². The van der Waals surface area contributed by atoms with Crippen molar-refractivity contribution in [3.8, 4) is 0 Å². The maximum atomic E-state index is 5.93. The number of likely N-dealkylation sites (tertiary alicyclic amines) is 1. The van der Waals surface area contributed by atoms with Gasteiger partial charge in [0.25, 0.3) is 0 Å². The van der Waals surface area contributed by atoms with Crippen molar-refractivity contribution < 1.29 is 0 Å². The summed E-state index contributed by atoms with van der Waals surface area (Å²) in [7, 11) is 2.21. The normalized spacial score (nSPS) is 48.0. The second-order valence-corrected chi connectivity index (χ2v) is 5.51. The molecule has 2 aliphatic rings. The molecule has 13 heavy (non-hydrogen) atoms. The highest BCUT2D eigenvalue weighted by Crippen LogP contribution is 2.50. The van der Waals surface area contributed by atoms with Crippen LogP contribution in [0.5, 0.6) is 0 Å². The van der Waals surface area contributed by atoms with Gasteiger partial charge in [0.1, 0.15) is 0 Å². The van der Waals surface area contributed by atoms with E-state index in [2.05, 4.69) is 25.8 Å². The van der Waals surface area contributed by atoms with E-state index in [1.807, 2.05) is 5.01 Å². The monoisotopic (exact) mass is 183 g/mol. The quantitative estimate of drug-likeness (QED) is 0.556. The third-order valence-corrected chi connectivity index (χ3v) is 4.23. The van der Waals surface area contributed by atoms with Gasteiger partial charge in [0, 0.05) is 25.0 Å². The molecular weight excluding hydrogens is 162 g/mol. The van der Waals surface area contributed by atoms with Crippen LogP contribution >= 0.6 is 0 Å². The van der Waals surface area contributed by atoms with Crippen LogP contribution in [-0.4, -0.2) is 43.1 Å². The number of hydrazine groups is 1. The van der Waals surface area contributed by atoms with E-state index in [1.165, 1.54) is 19.5 Å². The van der Waals surface area contributed by atoms with Crippen molar-refractivity contribution in [2.45, 2.75) is 20.3 Å². The fourth-order valence-corrected chi connectivity index (χ4v) is 3.07. The van der Waals surface area contributed by atoms with E-state index in [-0.39, 0.29) is 0 Å². The van der Waals surface area contributed by atoms with Crippen LogP contribution in [0, 0.1) is 10.8 Å². The van der Waals surface area contributed by atoms with Gasteiger partial charge in [0.2, 0.25) is 0 Å². The Kier molecular flexibility index (Phi) is 1.95. The van der Waals surface area contributed by atoms with Crippen LogP contribution in [-0.2, 0) is 0 Å². The Bertz CT molecular complexity index is 218. The summed E-state index contributed by atoms with van der Waals surface area (Å²) >= 11 is 0. The van der Waals surface area contributed by atoms with Gasteiger partial charge in [-0.05, 0) is 25.4 Å². The number of rotatable bonds is 0. The van der Waals surface area contributed by atoms with Crippen LogP contribution in [0.4, 0.5) is 0 Å². The van der Waals surface area contributed by atoms with Crippen molar-refractivity contribution in [1.29, 1.82) is 0 Å². The molecule has 2 fully saturated rings. The number of fused-ring (bicyclic) bond motifs is 1. The number of nitrogens with two attached hydrogens (primary N) is 1. The Morgan fingerprint density at radius 3 is 2.38 bits per heavy atom. The molecule has 3 nitrogen and oxygen atoms in total. The third kappa shape index (κ3) is 1.30. The Morgan fingerprint density at radius 1 is 1.08 bits per heavy atom. The van der Waals surface area contributed by atoms with Gasteiger partial charge in [-0.25, -0.2) is 5.01 Å². The molecular formula is C10H21N3. The first-order valence-electron chi connectivity index (χ1n) is 5.13. The van der Waals surface area contributed by atoms with Crippen molar-refractivity contribution in [3.63, 3.8) is 0 Å². The first-order valence-corrected chi connectivity index (χ1v) is 5.13. The highest BCUT2D eigenvalue weighted by atomic mass is 15.4. The van der Waals surface area contributed by atoms with E-state index in [0.29, 0.717) is 10.8 Å². The molecule has 2 saturated heterocycles. The molecule has 2 heterocycles. The highest BCUT2D eigenvalue weighted by molar-refractivity contribution is 5.04. The number of hydrogen-bond acceptors (Lipinski definition) is 3. The topological polar surface area (TPSA) is 32.5 Å². The van der Waals surface area contributed by atoms with Crippen LogP contribution in [0.15, 0.2) is 0 Å². The number of piperidine rings is 1. The van der Waals surface area contributed by atoms with E-state index in [9.17, 15) is 0 Å². The zero-order valence-corrected chi connectivity index (χ0v) is 9.01. The number of nitrogens with zero attached hydrogens (tertiary/aromatic N) is 2. The Balaban J connectivity index is 2.24. The molecule has 0 radical (unpaired) electrons. The van der Waals surface area contributed by atoms with Gasteiger partial charge in [0.15, 0.2) is 0 Å². The molecule has 0 aromatic heterocycles. The van der Waals surface area contributed by atoms with E-state index in [4.69, 9.17) is 5.84 Å². The SMILES string of the molecule is CN1CC[C@@]2(C)CN(N)C[C@@]2(C)C1. The maximum absolute atomic E-state index is 5.93. The molecule has 0 aromatic rings. The average Bonchev–Trinajstić information content (AvgIpc) is 2.19. The lowest BCUT2D eigenvalue weighted by molar-refractivity contribution is 0.0234. The van der Waals surface area contributed by atoms with Gasteiger partial charge in [-0.15, -0.1) is 0 Å². The summed E-state index contributed by atoms with van der Waals surface area (Å²) in [4.78, 5) is 2.43. The largest absolute Gasteiger partial charge is 0.306 e. The predicted molar refractivity (Wildman–Crippen MR) is 54.1 cm³/mol. The van der Waals surface area contributed by atoms with Crippen molar-refractivity contribution >= 4 is 0 Å². The lowest BCUT2D eigenvalue weighted by Crippen LogP contribution is -2.51. The van der Waals surface area contributed by atoms with Crippen molar-refractivity contribution in [1.82, 2.24) is 9.91 Å². The summed E-state index contributed by atoms with van der Waals surface area (Å²) in [6.45, 7) is 9.31. The second kappa shape index (κ2) is 2.69. The molecule has 0 saturated carbocycles. The molecule has 0 amide bonds. The molecule has 3 heteroatoms. The third-order valence-electron chi connectivity index (χ3n) is 4.23. The van der Waals surface area contributed by atoms with Crippen LogP contribution < -0.4 is 5.84 Å². The minimum Gasteiger partial charge on any atom is -0.306 e. The van der Waals surface area contributed by atoms with Crippen LogP contribution in [0.25, 0.3) is 0 Å². The van der Waals surface area contributed by atoms with Crippen molar-refractivity contribution in [2.75, 3.05) is 33.2 Å². The highest BCUT2D eigenvalue weighted by Gasteiger charge is 2.53. The fraction of sp³-hybridized carbons (Fsp3) is 1.00. The van der Waals surface area contributed by atoms with E-state index in [1.54, 1.807) is 0 Å². The summed E-state index contributed by atoms with van der Waals surface area (Å²) < 4.78 is 0. The smallest absolute Gasteiger partial charge is 0.0200 e. The zero-order chi connectivity index (χ0) is 9.69. The standard InChI is InChI=1S/C10H21N3/c1-9-4-5-12(3)6-10(9,2)8-13(11)7-9/h4-8,11H2,1-3H3/t9-,10+/m0/s1. The maximum Gasteiger partial charge on any atom is 0.0200 e. The van der Waals surface area contributed by atoms with Gasteiger partial charge in [-0.1, -0.05) is 13.8 Å². The molecule has 0 aromatic carbocycles. The molecule has 0 bridgehead atoms. The minimum atomic E-state index is 0.398. The zero-order valence-electron chi connectivity index (χ0n) is 9.01. The summed E-state index contributed by atoms with van der Waals surface area (Å²) in [6, 6.07) is 0. The first kappa shape index (κ1) is 9.44. The van der Waals surface area contributed by atoms with Crippen molar-refractivity contribution in [3.05, 3.63) is 0 Å². The van der Waals surface area contributed by atoms with Crippen molar-refractivity contribution in [2.24, 2.45) is 16.7 Å². The fourth-order valence-electron chi connectivity index (χ4n) is 3.07. The minimum absolute atomic E-state index is 0.398. The first-order chi connectivity index (χ1) is 5.95. The number of hydrogen-bond donors (Lipinski definition) is 1. The summed E-state index contributed by atoms with van der Waals surface area (Å²) in [5.74, 6) is 5.93.